The average Bonchev–Trinajstić information content (AvgIpc) is 2.15. The Balaban J connectivity index is 2.30. The fourth-order valence-electron chi connectivity index (χ4n) is 1.62. The molecule has 0 aliphatic carbocycles. The number of nitrogens with one attached hydrogen (secondary N) is 3. The predicted molar refractivity (Wildman–Crippen MR) is 48.2 cm³/mol. The zero-order valence-electron chi connectivity index (χ0n) is 7.47. The van der Waals surface area contributed by atoms with Gasteiger partial charge in [-0.05, 0) is 20.0 Å². The molecule has 0 saturated carbocycles. The minimum Gasteiger partial charge on any atom is -0.315 e. The summed E-state index contributed by atoms with van der Waals surface area (Å²) in [4.78, 5) is 10.1. The first-order chi connectivity index (χ1) is 5.88. The van der Waals surface area contributed by atoms with E-state index in [1.807, 2.05) is 7.05 Å². The molecular weight excluding hydrogens is 154 g/mol. The van der Waals surface area contributed by atoms with Gasteiger partial charge in [-0.1, -0.05) is 0 Å². The highest BCUT2D eigenvalue weighted by Gasteiger charge is 2.22. The van der Waals surface area contributed by atoms with Gasteiger partial charge in [0.25, 0.3) is 0 Å². The van der Waals surface area contributed by atoms with Gasteiger partial charge in [-0.3, -0.25) is 0 Å². The summed E-state index contributed by atoms with van der Waals surface area (Å²) in [6.45, 7) is 2.45. The van der Waals surface area contributed by atoms with Crippen LogP contribution in [-0.2, 0) is 4.79 Å². The van der Waals surface area contributed by atoms with Gasteiger partial charge < -0.3 is 20.7 Å². The van der Waals surface area contributed by atoms with Crippen LogP contribution >= 0.6 is 0 Å². The quantitative estimate of drug-likeness (QED) is 0.461. The highest BCUT2D eigenvalue weighted by molar-refractivity contribution is 5.51. The van der Waals surface area contributed by atoms with Crippen LogP contribution in [0.5, 0.6) is 0 Å². The van der Waals surface area contributed by atoms with E-state index in [0.29, 0.717) is 18.6 Å². The van der Waals surface area contributed by atoms with Crippen LogP contribution in [-0.4, -0.2) is 45.1 Å². The second-order valence-corrected chi connectivity index (χ2v) is 3.07. The number of aldehydes is 1. The summed E-state index contributed by atoms with van der Waals surface area (Å²) in [5.41, 5.74) is 0. The van der Waals surface area contributed by atoms with Gasteiger partial charge in [0.2, 0.25) is 0 Å². The maximum atomic E-state index is 10.1. The molecule has 4 heteroatoms. The van der Waals surface area contributed by atoms with Crippen LogP contribution in [0.2, 0.25) is 0 Å². The van der Waals surface area contributed by atoms with Gasteiger partial charge in [0.05, 0.1) is 6.54 Å². The van der Waals surface area contributed by atoms with Gasteiger partial charge in [-0.2, -0.15) is 0 Å². The molecule has 4 nitrogen and oxygen atoms in total. The van der Waals surface area contributed by atoms with E-state index in [-0.39, 0.29) is 0 Å². The van der Waals surface area contributed by atoms with E-state index < -0.39 is 0 Å². The molecule has 2 unspecified atom stereocenters. The fourth-order valence-corrected chi connectivity index (χ4v) is 1.62. The average molecular weight is 171 g/mol. The molecule has 1 aliphatic heterocycles. The Bertz CT molecular complexity index is 140. The standard InChI is InChI=1S/C8H17N3O/c1-9-7-2-3-10-6-8(7)11-4-5-12/h5,7-11H,2-4,6H2,1H3. The normalized spacial score (nSPS) is 30.1. The zero-order chi connectivity index (χ0) is 8.81. The Labute approximate surface area is 73.1 Å². The highest BCUT2D eigenvalue weighted by Crippen LogP contribution is 2.02. The van der Waals surface area contributed by atoms with Gasteiger partial charge in [0, 0.05) is 18.6 Å². The van der Waals surface area contributed by atoms with Crippen LogP contribution in [0, 0.1) is 0 Å². The molecule has 0 aromatic carbocycles. The van der Waals surface area contributed by atoms with Crippen molar-refractivity contribution in [2.24, 2.45) is 0 Å². The van der Waals surface area contributed by atoms with E-state index in [1.165, 1.54) is 0 Å². The Kier molecular flexibility index (Phi) is 4.21. The van der Waals surface area contributed by atoms with Crippen molar-refractivity contribution in [2.45, 2.75) is 18.5 Å². The number of piperidine rings is 1. The molecular formula is C8H17N3O. The number of carbonyl (C=O) groups excluding carboxylic acids is 1. The van der Waals surface area contributed by atoms with Gasteiger partial charge in [-0.15, -0.1) is 0 Å². The largest absolute Gasteiger partial charge is 0.315 e. The molecule has 0 spiro atoms. The molecule has 1 aliphatic rings. The van der Waals surface area contributed by atoms with Crippen molar-refractivity contribution in [1.29, 1.82) is 0 Å². The van der Waals surface area contributed by atoms with Crippen molar-refractivity contribution in [2.75, 3.05) is 26.7 Å². The van der Waals surface area contributed by atoms with Crippen LogP contribution in [0.1, 0.15) is 6.42 Å². The summed E-state index contributed by atoms with van der Waals surface area (Å²) in [5.74, 6) is 0. The lowest BCUT2D eigenvalue weighted by molar-refractivity contribution is -0.107. The molecule has 0 bridgehead atoms. The molecule has 12 heavy (non-hydrogen) atoms. The van der Waals surface area contributed by atoms with E-state index in [0.717, 1.165) is 25.8 Å². The molecule has 0 aromatic heterocycles. The summed E-state index contributed by atoms with van der Waals surface area (Å²) in [5, 5.41) is 9.71. The Morgan fingerprint density at radius 1 is 1.58 bits per heavy atom. The summed E-state index contributed by atoms with van der Waals surface area (Å²) in [6.07, 6.45) is 2.02. The molecule has 0 radical (unpaired) electrons. The minimum absolute atomic E-state index is 0.383. The summed E-state index contributed by atoms with van der Waals surface area (Å²) < 4.78 is 0. The molecule has 1 rings (SSSR count). The summed E-state index contributed by atoms with van der Waals surface area (Å²) in [6, 6.07) is 0.875. The molecule has 2 atom stereocenters. The highest BCUT2D eigenvalue weighted by atomic mass is 16.1. The van der Waals surface area contributed by atoms with Gasteiger partial charge in [0.15, 0.2) is 0 Å². The topological polar surface area (TPSA) is 53.2 Å². The third-order valence-corrected chi connectivity index (χ3v) is 2.32. The van der Waals surface area contributed by atoms with E-state index in [1.54, 1.807) is 0 Å². The van der Waals surface area contributed by atoms with Crippen molar-refractivity contribution < 1.29 is 4.79 Å². The van der Waals surface area contributed by atoms with Crippen LogP contribution in [0.3, 0.4) is 0 Å². The Hall–Kier alpha value is -0.450. The van der Waals surface area contributed by atoms with E-state index in [4.69, 9.17) is 0 Å². The molecule has 1 heterocycles. The van der Waals surface area contributed by atoms with Gasteiger partial charge >= 0.3 is 0 Å². The second-order valence-electron chi connectivity index (χ2n) is 3.07. The Morgan fingerprint density at radius 3 is 3.08 bits per heavy atom. The molecule has 70 valence electrons. The fraction of sp³-hybridized carbons (Fsp3) is 0.875. The number of carbonyl (C=O) groups is 1. The predicted octanol–water partition coefficient (Wildman–Crippen LogP) is -1.28. The van der Waals surface area contributed by atoms with Gasteiger partial charge in [0.1, 0.15) is 6.29 Å². The first-order valence-electron chi connectivity index (χ1n) is 4.43. The smallest absolute Gasteiger partial charge is 0.133 e. The van der Waals surface area contributed by atoms with Crippen molar-refractivity contribution in [3.05, 3.63) is 0 Å². The van der Waals surface area contributed by atoms with E-state index in [2.05, 4.69) is 16.0 Å². The molecule has 1 fully saturated rings. The van der Waals surface area contributed by atoms with Gasteiger partial charge in [-0.25, -0.2) is 0 Å². The van der Waals surface area contributed by atoms with Crippen LogP contribution in [0.15, 0.2) is 0 Å². The van der Waals surface area contributed by atoms with Crippen molar-refractivity contribution >= 4 is 6.29 Å². The first-order valence-corrected chi connectivity index (χ1v) is 4.43. The second kappa shape index (κ2) is 5.24. The van der Waals surface area contributed by atoms with Crippen molar-refractivity contribution in [3.8, 4) is 0 Å². The Morgan fingerprint density at radius 2 is 2.42 bits per heavy atom. The third kappa shape index (κ3) is 2.55. The molecule has 1 saturated heterocycles. The van der Waals surface area contributed by atoms with Crippen LogP contribution in [0.25, 0.3) is 0 Å². The number of hydrogen-bond acceptors (Lipinski definition) is 4. The maximum absolute atomic E-state index is 10.1. The zero-order valence-corrected chi connectivity index (χ0v) is 7.47. The van der Waals surface area contributed by atoms with E-state index in [9.17, 15) is 4.79 Å². The molecule has 3 N–H and O–H groups in total. The lowest BCUT2D eigenvalue weighted by atomic mass is 10.0. The lowest BCUT2D eigenvalue weighted by Gasteiger charge is -2.32. The number of likely N-dealkylation sites (N-methyl/N-ethyl adjacent to an activating group) is 1. The number of rotatable bonds is 4. The summed E-state index contributed by atoms with van der Waals surface area (Å²) in [7, 11) is 1.96. The molecule has 0 amide bonds. The minimum atomic E-state index is 0.383. The maximum Gasteiger partial charge on any atom is 0.133 e. The first kappa shape index (κ1) is 9.64. The van der Waals surface area contributed by atoms with Crippen LogP contribution in [0.4, 0.5) is 0 Å². The van der Waals surface area contributed by atoms with Crippen molar-refractivity contribution in [3.63, 3.8) is 0 Å². The lowest BCUT2D eigenvalue weighted by Crippen LogP contribution is -2.56. The van der Waals surface area contributed by atoms with Crippen molar-refractivity contribution in [1.82, 2.24) is 16.0 Å². The molecule has 0 aromatic rings. The SMILES string of the molecule is CNC1CCNCC1NCC=O. The van der Waals surface area contributed by atoms with E-state index >= 15 is 0 Å². The third-order valence-electron chi connectivity index (χ3n) is 2.32. The monoisotopic (exact) mass is 171 g/mol. The summed E-state index contributed by atoms with van der Waals surface area (Å²) >= 11 is 0. The number of hydrogen-bond donors (Lipinski definition) is 3. The van der Waals surface area contributed by atoms with Crippen LogP contribution < -0.4 is 16.0 Å².